The van der Waals surface area contributed by atoms with E-state index in [0.29, 0.717) is 31.1 Å². The minimum Gasteiger partial charge on any atom is -0.337 e. The lowest BCUT2D eigenvalue weighted by molar-refractivity contribution is 0.0662. The Morgan fingerprint density at radius 3 is 2.77 bits per heavy atom. The van der Waals surface area contributed by atoms with E-state index in [1.54, 1.807) is 11.0 Å². The molecule has 1 aliphatic rings. The van der Waals surface area contributed by atoms with Crippen LogP contribution in [-0.4, -0.2) is 39.9 Å². The van der Waals surface area contributed by atoms with Crippen LogP contribution in [0, 0.1) is 17.6 Å². The first-order valence-corrected chi connectivity index (χ1v) is 8.73. The molecule has 1 aromatic carbocycles. The Labute approximate surface area is 150 Å². The van der Waals surface area contributed by atoms with Gasteiger partial charge in [-0.2, -0.15) is 5.10 Å². The van der Waals surface area contributed by atoms with Crippen molar-refractivity contribution in [3.05, 3.63) is 52.9 Å². The van der Waals surface area contributed by atoms with Gasteiger partial charge in [-0.1, -0.05) is 6.07 Å². The fourth-order valence-corrected chi connectivity index (χ4v) is 3.33. The number of amides is 1. The van der Waals surface area contributed by atoms with Gasteiger partial charge in [0.1, 0.15) is 11.4 Å². The van der Waals surface area contributed by atoms with Gasteiger partial charge in [-0.3, -0.25) is 14.7 Å². The summed E-state index contributed by atoms with van der Waals surface area (Å²) in [6, 6.07) is 5.45. The van der Waals surface area contributed by atoms with Gasteiger partial charge in [-0.15, -0.1) is 0 Å². The van der Waals surface area contributed by atoms with Crippen LogP contribution in [0.25, 0.3) is 0 Å². The molecule has 0 spiro atoms. The molecule has 7 heteroatoms. The number of rotatable bonds is 5. The highest BCUT2D eigenvalue weighted by Gasteiger charge is 2.26. The molecule has 1 N–H and O–H groups in total. The highest BCUT2D eigenvalue weighted by Crippen LogP contribution is 2.23. The van der Waals surface area contributed by atoms with Crippen molar-refractivity contribution in [1.82, 2.24) is 15.1 Å². The topological polar surface area (TPSA) is 66.1 Å². The predicted molar refractivity (Wildman–Crippen MR) is 91.9 cm³/mol. The number of nitrogens with zero attached hydrogens (tertiary/aromatic N) is 2. The van der Waals surface area contributed by atoms with Crippen LogP contribution in [0.3, 0.4) is 0 Å². The quantitative estimate of drug-likeness (QED) is 0.831. The van der Waals surface area contributed by atoms with E-state index in [1.807, 2.05) is 0 Å². The Morgan fingerprint density at radius 2 is 2.08 bits per heavy atom. The lowest BCUT2D eigenvalue weighted by atomic mass is 9.91. The summed E-state index contributed by atoms with van der Waals surface area (Å²) in [5, 5.41) is 6.48. The van der Waals surface area contributed by atoms with Gasteiger partial charge in [0, 0.05) is 20.0 Å². The zero-order chi connectivity index (χ0) is 18.7. The van der Waals surface area contributed by atoms with Crippen LogP contribution in [0.2, 0.25) is 0 Å². The third kappa shape index (κ3) is 4.15. The summed E-state index contributed by atoms with van der Waals surface area (Å²) >= 11 is 0. The van der Waals surface area contributed by atoms with Crippen molar-refractivity contribution < 1.29 is 18.4 Å². The minimum absolute atomic E-state index is 0.164. The zero-order valence-electron chi connectivity index (χ0n) is 14.6. The van der Waals surface area contributed by atoms with Crippen LogP contribution >= 0.6 is 0 Å². The highest BCUT2D eigenvalue weighted by molar-refractivity contribution is 5.97. The normalized spacial score (nSPS) is 17.3. The molecule has 3 rings (SSSR count). The van der Waals surface area contributed by atoms with Gasteiger partial charge >= 0.3 is 0 Å². The predicted octanol–water partition coefficient (Wildman–Crippen LogP) is 3.38. The molecule has 0 radical (unpaired) electrons. The van der Waals surface area contributed by atoms with E-state index in [-0.39, 0.29) is 17.4 Å². The Bertz CT molecular complexity index is 819. The summed E-state index contributed by atoms with van der Waals surface area (Å²) in [5.74, 6) is -1.72. The summed E-state index contributed by atoms with van der Waals surface area (Å²) in [4.78, 5) is 25.7. The first kappa shape index (κ1) is 18.2. The fourth-order valence-electron chi connectivity index (χ4n) is 3.33. The first-order chi connectivity index (χ1) is 12.4. The smallest absolute Gasteiger partial charge is 0.271 e. The van der Waals surface area contributed by atoms with E-state index < -0.39 is 11.6 Å². The van der Waals surface area contributed by atoms with Crippen molar-refractivity contribution in [1.29, 1.82) is 0 Å². The molecular weight excluding hydrogens is 340 g/mol. The van der Waals surface area contributed by atoms with Gasteiger partial charge in [0.2, 0.25) is 0 Å². The fraction of sp³-hybridized carbons (Fsp3) is 0.421. The molecular formula is C19H21F2N3O2. The number of benzene rings is 1. The van der Waals surface area contributed by atoms with Crippen LogP contribution in [0.4, 0.5) is 8.78 Å². The standard InChI is InChI=1S/C19H21F2N3O2/c1-12(25)17-10-18(23-22-17)19(26)24-8-2-3-14(11-24)5-4-13-6-7-15(20)16(21)9-13/h6-7,9-10,14H,2-5,8,11H2,1H3,(H,22,23). The number of aryl methyl sites for hydroxylation is 1. The molecule has 0 aliphatic carbocycles. The van der Waals surface area contributed by atoms with E-state index in [2.05, 4.69) is 10.2 Å². The summed E-state index contributed by atoms with van der Waals surface area (Å²) in [6.45, 7) is 2.67. The van der Waals surface area contributed by atoms with Gasteiger partial charge in [0.25, 0.3) is 5.91 Å². The van der Waals surface area contributed by atoms with E-state index in [9.17, 15) is 18.4 Å². The number of aromatic nitrogens is 2. The van der Waals surface area contributed by atoms with Crippen LogP contribution in [0.5, 0.6) is 0 Å². The van der Waals surface area contributed by atoms with Crippen LogP contribution in [0.1, 0.15) is 52.7 Å². The third-order valence-electron chi connectivity index (χ3n) is 4.80. The Kier molecular flexibility index (Phi) is 5.44. The summed E-state index contributed by atoms with van der Waals surface area (Å²) < 4.78 is 26.3. The Balaban J connectivity index is 1.58. The van der Waals surface area contributed by atoms with E-state index >= 15 is 0 Å². The van der Waals surface area contributed by atoms with Crippen molar-refractivity contribution in [3.8, 4) is 0 Å². The number of hydrogen-bond acceptors (Lipinski definition) is 3. The number of nitrogens with one attached hydrogen (secondary N) is 1. The van der Waals surface area contributed by atoms with Crippen molar-refractivity contribution in [2.24, 2.45) is 5.92 Å². The second-order valence-electron chi connectivity index (χ2n) is 6.77. The maximum atomic E-state index is 13.3. The number of aromatic amines is 1. The minimum atomic E-state index is -0.840. The number of halogens is 2. The molecule has 0 bridgehead atoms. The molecule has 1 atom stereocenters. The number of Topliss-reactive ketones (excluding diaryl/α,β-unsaturated/α-hetero) is 1. The summed E-state index contributed by atoms with van der Waals surface area (Å²) in [5.41, 5.74) is 1.32. The van der Waals surface area contributed by atoms with Gasteiger partial charge in [-0.25, -0.2) is 8.78 Å². The monoisotopic (exact) mass is 361 g/mol. The molecule has 2 heterocycles. The van der Waals surface area contributed by atoms with Crippen LogP contribution in [-0.2, 0) is 6.42 Å². The number of carbonyl (C=O) groups excluding carboxylic acids is 2. The van der Waals surface area contributed by atoms with Crippen LogP contribution < -0.4 is 0 Å². The summed E-state index contributed by atoms with van der Waals surface area (Å²) in [6.07, 6.45) is 3.33. The zero-order valence-corrected chi connectivity index (χ0v) is 14.6. The molecule has 1 fully saturated rings. The number of H-pyrrole nitrogens is 1. The third-order valence-corrected chi connectivity index (χ3v) is 4.80. The number of piperidine rings is 1. The number of hydrogen-bond donors (Lipinski definition) is 1. The lowest BCUT2D eigenvalue weighted by Crippen LogP contribution is -2.40. The first-order valence-electron chi connectivity index (χ1n) is 8.73. The van der Waals surface area contributed by atoms with Crippen molar-refractivity contribution in [3.63, 3.8) is 0 Å². The second-order valence-corrected chi connectivity index (χ2v) is 6.77. The molecule has 1 aromatic heterocycles. The largest absolute Gasteiger partial charge is 0.337 e. The van der Waals surface area contributed by atoms with Gasteiger partial charge in [-0.05, 0) is 55.4 Å². The molecule has 1 amide bonds. The van der Waals surface area contributed by atoms with E-state index in [0.717, 1.165) is 30.9 Å². The number of ketones is 1. The molecule has 138 valence electrons. The Morgan fingerprint density at radius 1 is 1.27 bits per heavy atom. The highest BCUT2D eigenvalue weighted by atomic mass is 19.2. The number of likely N-dealkylation sites (tertiary alicyclic amines) is 1. The van der Waals surface area contributed by atoms with Crippen LogP contribution in [0.15, 0.2) is 24.3 Å². The molecule has 1 unspecified atom stereocenters. The average molecular weight is 361 g/mol. The van der Waals surface area contributed by atoms with Gasteiger partial charge in [0.05, 0.1) is 0 Å². The van der Waals surface area contributed by atoms with Gasteiger partial charge < -0.3 is 4.90 Å². The SMILES string of the molecule is CC(=O)c1cc(C(=O)N2CCCC(CCc3ccc(F)c(F)c3)C2)[nH]n1. The van der Waals surface area contributed by atoms with Crippen molar-refractivity contribution >= 4 is 11.7 Å². The maximum absolute atomic E-state index is 13.3. The molecule has 26 heavy (non-hydrogen) atoms. The van der Waals surface area contributed by atoms with Crippen molar-refractivity contribution in [2.45, 2.75) is 32.6 Å². The molecule has 0 saturated carbocycles. The lowest BCUT2D eigenvalue weighted by Gasteiger charge is -2.32. The molecule has 2 aromatic rings. The average Bonchev–Trinajstić information content (AvgIpc) is 3.13. The van der Waals surface area contributed by atoms with Gasteiger partial charge in [0.15, 0.2) is 17.4 Å². The molecule has 1 saturated heterocycles. The number of carbonyl (C=O) groups is 2. The Hall–Kier alpha value is -2.57. The molecule has 1 aliphatic heterocycles. The second kappa shape index (κ2) is 7.76. The summed E-state index contributed by atoms with van der Waals surface area (Å²) in [7, 11) is 0. The van der Waals surface area contributed by atoms with Crippen molar-refractivity contribution in [2.75, 3.05) is 13.1 Å². The van der Waals surface area contributed by atoms with E-state index in [1.165, 1.54) is 19.1 Å². The maximum Gasteiger partial charge on any atom is 0.271 e. The molecule has 5 nitrogen and oxygen atoms in total. The van der Waals surface area contributed by atoms with E-state index in [4.69, 9.17) is 0 Å².